The monoisotopic (exact) mass is 286 g/mol. The summed E-state index contributed by atoms with van der Waals surface area (Å²) in [5, 5.41) is 0. The molecule has 0 aromatic heterocycles. The van der Waals surface area contributed by atoms with Gasteiger partial charge < -0.3 is 4.43 Å². The minimum atomic E-state index is -1.37. The van der Waals surface area contributed by atoms with Crippen LogP contribution in [0.2, 0.25) is 18.6 Å². The van der Waals surface area contributed by atoms with Gasteiger partial charge in [-0.3, -0.25) is 0 Å². The third-order valence-corrected chi connectivity index (χ3v) is 8.09. The van der Waals surface area contributed by atoms with E-state index >= 15 is 0 Å². The van der Waals surface area contributed by atoms with Crippen LogP contribution in [0.15, 0.2) is 0 Å². The Kier molecular flexibility index (Phi) is 12.1. The Balaban J connectivity index is 3.19. The predicted molar refractivity (Wildman–Crippen MR) is 90.4 cm³/mol. The second-order valence-electron chi connectivity index (χ2n) is 6.79. The number of unbranched alkanes of at least 4 members (excludes halogenated alkanes) is 9. The second-order valence-corrected chi connectivity index (χ2v) is 11.4. The third-order valence-electron chi connectivity index (χ3n) is 4.36. The standard InChI is InChI=1S/C17H38OSi/c1-6-7-8-9-10-11-12-13-14-15-16-18-19(4,5)17(2)3/h17H,6-16H2,1-5H3. The van der Waals surface area contributed by atoms with Gasteiger partial charge >= 0.3 is 0 Å². The maximum atomic E-state index is 6.10. The van der Waals surface area contributed by atoms with Crippen LogP contribution in [0.25, 0.3) is 0 Å². The summed E-state index contributed by atoms with van der Waals surface area (Å²) in [6.45, 7) is 12.6. The zero-order valence-electron chi connectivity index (χ0n) is 14.3. The van der Waals surface area contributed by atoms with E-state index in [1.165, 1.54) is 64.2 Å². The highest BCUT2D eigenvalue weighted by molar-refractivity contribution is 6.72. The highest BCUT2D eigenvalue weighted by Crippen LogP contribution is 2.21. The molecule has 0 aliphatic carbocycles. The molecule has 0 fully saturated rings. The molecular formula is C17H38OSi. The summed E-state index contributed by atoms with van der Waals surface area (Å²) in [4.78, 5) is 0. The summed E-state index contributed by atoms with van der Waals surface area (Å²) in [6, 6.07) is 0. The molecule has 0 saturated carbocycles. The number of hydrogen-bond acceptors (Lipinski definition) is 1. The van der Waals surface area contributed by atoms with Gasteiger partial charge in [0, 0.05) is 6.61 Å². The lowest BCUT2D eigenvalue weighted by molar-refractivity contribution is 0.289. The average molecular weight is 287 g/mol. The Hall–Kier alpha value is 0.177. The van der Waals surface area contributed by atoms with Gasteiger partial charge in [0.15, 0.2) is 8.32 Å². The van der Waals surface area contributed by atoms with Crippen molar-refractivity contribution in [3.63, 3.8) is 0 Å². The first kappa shape index (κ1) is 19.2. The van der Waals surface area contributed by atoms with Gasteiger partial charge in [-0.05, 0) is 25.1 Å². The molecule has 1 nitrogen and oxygen atoms in total. The first-order chi connectivity index (χ1) is 9.00. The van der Waals surface area contributed by atoms with Crippen molar-refractivity contribution in [2.24, 2.45) is 0 Å². The Bertz CT molecular complexity index is 190. The quantitative estimate of drug-likeness (QED) is 0.276. The first-order valence-electron chi connectivity index (χ1n) is 8.64. The zero-order chi connectivity index (χ0) is 14.6. The topological polar surface area (TPSA) is 9.23 Å². The van der Waals surface area contributed by atoms with E-state index in [1.807, 2.05) is 0 Å². The van der Waals surface area contributed by atoms with Crippen molar-refractivity contribution < 1.29 is 4.43 Å². The molecule has 0 atom stereocenters. The molecule has 0 aromatic rings. The van der Waals surface area contributed by atoms with Gasteiger partial charge in [0.2, 0.25) is 0 Å². The predicted octanol–water partition coefficient (Wildman–Crippen LogP) is 6.54. The van der Waals surface area contributed by atoms with Gasteiger partial charge in [0.05, 0.1) is 0 Å². The summed E-state index contributed by atoms with van der Waals surface area (Å²) >= 11 is 0. The summed E-state index contributed by atoms with van der Waals surface area (Å²) < 4.78 is 6.10. The van der Waals surface area contributed by atoms with Gasteiger partial charge in [-0.2, -0.15) is 0 Å². The molecule has 19 heavy (non-hydrogen) atoms. The summed E-state index contributed by atoms with van der Waals surface area (Å²) in [6.07, 6.45) is 14.0. The molecular weight excluding hydrogens is 248 g/mol. The Morgan fingerprint density at radius 1 is 0.737 bits per heavy atom. The number of hydrogen-bond donors (Lipinski definition) is 0. The second kappa shape index (κ2) is 12.0. The minimum Gasteiger partial charge on any atom is -0.417 e. The fourth-order valence-electron chi connectivity index (χ4n) is 2.09. The van der Waals surface area contributed by atoms with Crippen molar-refractivity contribution in [2.45, 2.75) is 104 Å². The van der Waals surface area contributed by atoms with E-state index in [0.29, 0.717) is 0 Å². The van der Waals surface area contributed by atoms with Gasteiger partial charge in [-0.25, -0.2) is 0 Å². The van der Waals surface area contributed by atoms with E-state index in [4.69, 9.17) is 4.43 Å². The van der Waals surface area contributed by atoms with Crippen molar-refractivity contribution in [3.05, 3.63) is 0 Å². The fourth-order valence-corrected chi connectivity index (χ4v) is 3.10. The van der Waals surface area contributed by atoms with Crippen LogP contribution in [0.4, 0.5) is 0 Å². The van der Waals surface area contributed by atoms with E-state index in [2.05, 4.69) is 33.9 Å². The highest BCUT2D eigenvalue weighted by atomic mass is 28.4. The normalized spacial score (nSPS) is 12.3. The SMILES string of the molecule is CCCCCCCCCCCCO[Si](C)(C)C(C)C. The lowest BCUT2D eigenvalue weighted by Gasteiger charge is -2.26. The van der Waals surface area contributed by atoms with Crippen LogP contribution < -0.4 is 0 Å². The molecule has 0 radical (unpaired) electrons. The molecule has 0 rings (SSSR count). The van der Waals surface area contributed by atoms with E-state index in [1.54, 1.807) is 0 Å². The zero-order valence-corrected chi connectivity index (χ0v) is 15.3. The van der Waals surface area contributed by atoms with Crippen LogP contribution in [0.3, 0.4) is 0 Å². The smallest absolute Gasteiger partial charge is 0.189 e. The first-order valence-corrected chi connectivity index (χ1v) is 11.6. The minimum absolute atomic E-state index is 0.732. The van der Waals surface area contributed by atoms with Crippen LogP contribution in [0.1, 0.15) is 85.0 Å². The summed E-state index contributed by atoms with van der Waals surface area (Å²) in [5.41, 5.74) is 0.732. The Morgan fingerprint density at radius 3 is 1.58 bits per heavy atom. The van der Waals surface area contributed by atoms with Crippen molar-refractivity contribution in [1.82, 2.24) is 0 Å². The van der Waals surface area contributed by atoms with Crippen molar-refractivity contribution in [2.75, 3.05) is 6.61 Å². The molecule has 0 saturated heterocycles. The van der Waals surface area contributed by atoms with Gasteiger partial charge in [-0.15, -0.1) is 0 Å². The molecule has 0 aliphatic heterocycles. The van der Waals surface area contributed by atoms with Crippen molar-refractivity contribution >= 4 is 8.32 Å². The van der Waals surface area contributed by atoms with Crippen LogP contribution in [-0.4, -0.2) is 14.9 Å². The molecule has 2 heteroatoms. The van der Waals surface area contributed by atoms with Crippen LogP contribution in [0.5, 0.6) is 0 Å². The van der Waals surface area contributed by atoms with Crippen LogP contribution >= 0.6 is 0 Å². The van der Waals surface area contributed by atoms with E-state index in [0.717, 1.165) is 12.1 Å². The fraction of sp³-hybridized carbons (Fsp3) is 1.00. The van der Waals surface area contributed by atoms with Gasteiger partial charge in [0.1, 0.15) is 0 Å². The van der Waals surface area contributed by atoms with Crippen molar-refractivity contribution in [1.29, 1.82) is 0 Å². The van der Waals surface area contributed by atoms with E-state index < -0.39 is 8.32 Å². The summed E-state index contributed by atoms with van der Waals surface area (Å²) in [7, 11) is -1.37. The molecule has 0 N–H and O–H groups in total. The van der Waals surface area contributed by atoms with E-state index in [-0.39, 0.29) is 0 Å². The van der Waals surface area contributed by atoms with Gasteiger partial charge in [-0.1, -0.05) is 78.6 Å². The number of rotatable bonds is 13. The Labute approximate surface area is 123 Å². The maximum Gasteiger partial charge on any atom is 0.189 e. The Morgan fingerprint density at radius 2 is 1.16 bits per heavy atom. The van der Waals surface area contributed by atoms with Crippen molar-refractivity contribution in [3.8, 4) is 0 Å². The maximum absolute atomic E-state index is 6.10. The highest BCUT2D eigenvalue weighted by Gasteiger charge is 2.26. The molecule has 116 valence electrons. The average Bonchev–Trinajstić information content (AvgIpc) is 2.35. The molecule has 0 heterocycles. The molecule has 0 unspecified atom stereocenters. The molecule has 0 aliphatic rings. The third kappa shape index (κ3) is 11.7. The molecule has 0 spiro atoms. The molecule has 0 bridgehead atoms. The lowest BCUT2D eigenvalue weighted by atomic mass is 10.1. The molecule has 0 amide bonds. The largest absolute Gasteiger partial charge is 0.417 e. The van der Waals surface area contributed by atoms with Crippen LogP contribution in [-0.2, 0) is 4.43 Å². The molecule has 0 aromatic carbocycles. The van der Waals surface area contributed by atoms with Gasteiger partial charge in [0.25, 0.3) is 0 Å². The lowest BCUT2D eigenvalue weighted by Crippen LogP contribution is -2.34. The summed E-state index contributed by atoms with van der Waals surface area (Å²) in [5.74, 6) is 0. The van der Waals surface area contributed by atoms with E-state index in [9.17, 15) is 0 Å². The van der Waals surface area contributed by atoms with Crippen LogP contribution in [0, 0.1) is 0 Å².